The highest BCUT2D eigenvalue weighted by molar-refractivity contribution is 7.89. The summed E-state index contributed by atoms with van der Waals surface area (Å²) >= 11 is 0. The molecule has 0 bridgehead atoms. The van der Waals surface area contributed by atoms with Gasteiger partial charge in [0.15, 0.2) is 0 Å². The summed E-state index contributed by atoms with van der Waals surface area (Å²) in [6, 6.07) is 8.33. The maximum atomic E-state index is 13.1. The second-order valence-electron chi connectivity index (χ2n) is 6.23. The number of amides is 1. The van der Waals surface area contributed by atoms with E-state index in [1.807, 2.05) is 6.07 Å². The number of aryl methyl sites for hydroxylation is 1. The lowest BCUT2D eigenvalue weighted by Gasteiger charge is -2.31. The van der Waals surface area contributed by atoms with Gasteiger partial charge in [-0.2, -0.15) is 4.31 Å². The minimum atomic E-state index is -3.74. The molecule has 0 aliphatic carbocycles. The van der Waals surface area contributed by atoms with Crippen LogP contribution in [0.15, 0.2) is 47.5 Å². The van der Waals surface area contributed by atoms with Crippen LogP contribution in [-0.4, -0.2) is 43.3 Å². The van der Waals surface area contributed by atoms with Gasteiger partial charge in [-0.25, -0.2) is 12.8 Å². The first-order chi connectivity index (χ1) is 12.9. The van der Waals surface area contributed by atoms with Gasteiger partial charge in [0.05, 0.1) is 17.2 Å². The zero-order chi connectivity index (χ0) is 19.4. The fourth-order valence-electron chi connectivity index (χ4n) is 2.82. The fraction of sp³-hybridized carbons (Fsp3) is 0.333. The van der Waals surface area contributed by atoms with Gasteiger partial charge in [-0.1, -0.05) is 6.07 Å². The number of carbonyl (C=O) groups excluding carboxylic acids is 1. The van der Waals surface area contributed by atoms with Crippen molar-refractivity contribution in [3.8, 4) is 0 Å². The van der Waals surface area contributed by atoms with Crippen molar-refractivity contribution in [2.45, 2.75) is 23.8 Å². The van der Waals surface area contributed by atoms with Gasteiger partial charge in [0.2, 0.25) is 15.9 Å². The first kappa shape index (κ1) is 19.4. The number of nitrogens with two attached hydrogens (primary N) is 1. The molecule has 1 saturated heterocycles. The van der Waals surface area contributed by atoms with Crippen molar-refractivity contribution in [3.63, 3.8) is 0 Å². The van der Waals surface area contributed by atoms with Gasteiger partial charge in [-0.05, 0) is 42.3 Å². The number of ether oxygens (including phenoxy) is 1. The molecule has 1 fully saturated rings. The Balaban J connectivity index is 1.72. The Morgan fingerprint density at radius 1 is 1.26 bits per heavy atom. The van der Waals surface area contributed by atoms with E-state index >= 15 is 0 Å². The van der Waals surface area contributed by atoms with E-state index < -0.39 is 21.9 Å². The van der Waals surface area contributed by atoms with E-state index in [0.717, 1.165) is 17.7 Å². The maximum absolute atomic E-state index is 13.1. The van der Waals surface area contributed by atoms with Crippen molar-refractivity contribution in [3.05, 3.63) is 59.7 Å². The second kappa shape index (κ2) is 8.12. The zero-order valence-electron chi connectivity index (χ0n) is 14.5. The van der Waals surface area contributed by atoms with Crippen LogP contribution in [0, 0.1) is 5.82 Å². The third-order valence-corrected chi connectivity index (χ3v) is 6.20. The lowest BCUT2D eigenvalue weighted by atomic mass is 10.1. The Morgan fingerprint density at radius 3 is 2.63 bits per heavy atom. The Hall–Kier alpha value is -2.36. The van der Waals surface area contributed by atoms with Crippen LogP contribution < -0.4 is 5.73 Å². The van der Waals surface area contributed by atoms with Crippen LogP contribution in [0.1, 0.15) is 23.8 Å². The minimum Gasteiger partial charge on any atom is -0.370 e. The number of hydrogen-bond donors (Lipinski definition) is 1. The third-order valence-electron chi connectivity index (χ3n) is 4.32. The molecular formula is C18H20FN3O4S. The number of sulfonamides is 1. The number of hydrogen-bond acceptors (Lipinski definition) is 5. The number of pyridine rings is 1. The van der Waals surface area contributed by atoms with Gasteiger partial charge >= 0.3 is 0 Å². The number of aromatic nitrogens is 1. The number of morpholine rings is 1. The summed E-state index contributed by atoms with van der Waals surface area (Å²) in [6.07, 6.45) is 1.87. The van der Waals surface area contributed by atoms with Crippen LogP contribution in [0.5, 0.6) is 0 Å². The SMILES string of the molecule is NC(=O)CCc1ccc(C2CN(S(=O)(=O)c3ccc(F)cc3)CCO2)nc1. The number of halogens is 1. The van der Waals surface area contributed by atoms with Crippen LogP contribution in [0.4, 0.5) is 4.39 Å². The standard InChI is InChI=1S/C18H20FN3O4S/c19-14-3-5-15(6-4-14)27(24,25)22-9-10-26-17(12-22)16-7-1-13(11-21-16)2-8-18(20)23/h1,3-7,11,17H,2,8-10,12H2,(H2,20,23). The Bertz CT molecular complexity index is 901. The Kier molecular flexibility index (Phi) is 5.83. The molecule has 3 rings (SSSR count). The number of nitrogens with zero attached hydrogens (tertiary/aromatic N) is 2. The van der Waals surface area contributed by atoms with Crippen LogP contribution in [-0.2, 0) is 26.0 Å². The van der Waals surface area contributed by atoms with Crippen molar-refractivity contribution < 1.29 is 22.3 Å². The molecule has 2 N–H and O–H groups in total. The molecule has 2 heterocycles. The number of carbonyl (C=O) groups is 1. The molecule has 1 aliphatic rings. The summed E-state index contributed by atoms with van der Waals surface area (Å²) < 4.78 is 45.6. The molecule has 0 radical (unpaired) electrons. The molecule has 27 heavy (non-hydrogen) atoms. The molecule has 1 unspecified atom stereocenters. The molecule has 1 aromatic heterocycles. The third kappa shape index (κ3) is 4.68. The molecule has 144 valence electrons. The van der Waals surface area contributed by atoms with Crippen molar-refractivity contribution in [1.82, 2.24) is 9.29 Å². The normalized spacial score (nSPS) is 18.3. The van der Waals surface area contributed by atoms with Gasteiger partial charge < -0.3 is 10.5 Å². The number of rotatable bonds is 6. The summed E-state index contributed by atoms with van der Waals surface area (Å²) in [5.74, 6) is -0.870. The monoisotopic (exact) mass is 393 g/mol. The second-order valence-corrected chi connectivity index (χ2v) is 8.17. The highest BCUT2D eigenvalue weighted by Gasteiger charge is 2.32. The van der Waals surface area contributed by atoms with Gasteiger partial charge in [0.25, 0.3) is 0 Å². The summed E-state index contributed by atoms with van der Waals surface area (Å²) in [5.41, 5.74) is 6.61. The van der Waals surface area contributed by atoms with Crippen LogP contribution >= 0.6 is 0 Å². The molecule has 9 heteroatoms. The largest absolute Gasteiger partial charge is 0.370 e. The molecule has 1 atom stereocenters. The van der Waals surface area contributed by atoms with E-state index in [-0.39, 0.29) is 36.9 Å². The molecule has 7 nitrogen and oxygen atoms in total. The van der Waals surface area contributed by atoms with Crippen molar-refractivity contribution in [1.29, 1.82) is 0 Å². The molecular weight excluding hydrogens is 373 g/mol. The first-order valence-electron chi connectivity index (χ1n) is 8.47. The van der Waals surface area contributed by atoms with Crippen molar-refractivity contribution in [2.75, 3.05) is 19.7 Å². The average molecular weight is 393 g/mol. The van der Waals surface area contributed by atoms with Crippen LogP contribution in [0.25, 0.3) is 0 Å². The summed E-state index contributed by atoms with van der Waals surface area (Å²) in [4.78, 5) is 15.2. The van der Waals surface area contributed by atoms with Crippen molar-refractivity contribution >= 4 is 15.9 Å². The molecule has 1 aromatic carbocycles. The van der Waals surface area contributed by atoms with E-state index in [9.17, 15) is 17.6 Å². The molecule has 1 amide bonds. The van der Waals surface area contributed by atoms with Gasteiger partial charge in [0.1, 0.15) is 11.9 Å². The molecule has 0 saturated carbocycles. The Morgan fingerprint density at radius 2 is 2.00 bits per heavy atom. The van der Waals surface area contributed by atoms with E-state index in [1.54, 1.807) is 12.3 Å². The molecule has 0 spiro atoms. The minimum absolute atomic E-state index is 0.0410. The van der Waals surface area contributed by atoms with Crippen LogP contribution in [0.3, 0.4) is 0 Å². The van der Waals surface area contributed by atoms with Crippen LogP contribution in [0.2, 0.25) is 0 Å². The highest BCUT2D eigenvalue weighted by Crippen LogP contribution is 2.25. The smallest absolute Gasteiger partial charge is 0.243 e. The quantitative estimate of drug-likeness (QED) is 0.799. The van der Waals surface area contributed by atoms with Crippen molar-refractivity contribution in [2.24, 2.45) is 5.73 Å². The number of benzene rings is 1. The number of primary amides is 1. The van der Waals surface area contributed by atoms with E-state index in [4.69, 9.17) is 10.5 Å². The predicted molar refractivity (Wildman–Crippen MR) is 95.6 cm³/mol. The van der Waals surface area contributed by atoms with E-state index in [2.05, 4.69) is 4.98 Å². The predicted octanol–water partition coefficient (Wildman–Crippen LogP) is 1.40. The summed E-state index contributed by atoms with van der Waals surface area (Å²) in [7, 11) is -3.74. The lowest BCUT2D eigenvalue weighted by Crippen LogP contribution is -2.42. The molecule has 2 aromatic rings. The zero-order valence-corrected chi connectivity index (χ0v) is 15.4. The molecule has 1 aliphatic heterocycles. The van der Waals surface area contributed by atoms with Gasteiger partial charge in [0, 0.05) is 25.7 Å². The van der Waals surface area contributed by atoms with E-state index in [1.165, 1.54) is 16.4 Å². The highest BCUT2D eigenvalue weighted by atomic mass is 32.2. The fourth-order valence-corrected chi connectivity index (χ4v) is 4.25. The Labute approximate surface area is 157 Å². The van der Waals surface area contributed by atoms with E-state index in [0.29, 0.717) is 12.1 Å². The summed E-state index contributed by atoms with van der Waals surface area (Å²) in [6.45, 7) is 0.566. The topological polar surface area (TPSA) is 103 Å². The summed E-state index contributed by atoms with van der Waals surface area (Å²) in [5, 5.41) is 0. The maximum Gasteiger partial charge on any atom is 0.243 e. The lowest BCUT2D eigenvalue weighted by molar-refractivity contribution is -0.117. The van der Waals surface area contributed by atoms with Gasteiger partial charge in [-0.3, -0.25) is 9.78 Å². The van der Waals surface area contributed by atoms with Gasteiger partial charge in [-0.15, -0.1) is 0 Å². The first-order valence-corrected chi connectivity index (χ1v) is 9.91. The average Bonchev–Trinajstić information content (AvgIpc) is 2.67.